The monoisotopic (exact) mass is 244 g/mol. The molecule has 1 aromatic carbocycles. The SMILES string of the molecule is N#Cc1ccc(Oc2ccc(N)c(N)n2)c(F)c1. The first-order valence-electron chi connectivity index (χ1n) is 4.99. The molecular formula is C12H9FN4O. The minimum Gasteiger partial charge on any atom is -0.436 e. The van der Waals surface area contributed by atoms with Gasteiger partial charge in [-0.3, -0.25) is 0 Å². The second-order valence-electron chi connectivity index (χ2n) is 3.48. The van der Waals surface area contributed by atoms with Crippen LogP contribution >= 0.6 is 0 Å². The van der Waals surface area contributed by atoms with Gasteiger partial charge in [0.25, 0.3) is 0 Å². The molecule has 18 heavy (non-hydrogen) atoms. The van der Waals surface area contributed by atoms with E-state index >= 15 is 0 Å². The third-order valence-corrected chi connectivity index (χ3v) is 2.21. The highest BCUT2D eigenvalue weighted by atomic mass is 19.1. The second kappa shape index (κ2) is 4.59. The molecule has 0 fully saturated rings. The number of benzene rings is 1. The van der Waals surface area contributed by atoms with Crippen molar-refractivity contribution in [3.05, 3.63) is 41.7 Å². The van der Waals surface area contributed by atoms with Crippen LogP contribution in [0.25, 0.3) is 0 Å². The topological polar surface area (TPSA) is 97.9 Å². The van der Waals surface area contributed by atoms with Crippen molar-refractivity contribution >= 4 is 11.5 Å². The van der Waals surface area contributed by atoms with E-state index in [2.05, 4.69) is 4.98 Å². The van der Waals surface area contributed by atoms with Gasteiger partial charge in [0.2, 0.25) is 5.88 Å². The van der Waals surface area contributed by atoms with E-state index in [4.69, 9.17) is 21.5 Å². The van der Waals surface area contributed by atoms with E-state index in [-0.39, 0.29) is 23.0 Å². The van der Waals surface area contributed by atoms with Crippen LogP contribution in [0.15, 0.2) is 30.3 Å². The fraction of sp³-hybridized carbons (Fsp3) is 0. The fourth-order valence-corrected chi connectivity index (χ4v) is 1.29. The van der Waals surface area contributed by atoms with Crippen molar-refractivity contribution in [3.63, 3.8) is 0 Å². The van der Waals surface area contributed by atoms with Gasteiger partial charge in [-0.15, -0.1) is 0 Å². The van der Waals surface area contributed by atoms with Gasteiger partial charge < -0.3 is 16.2 Å². The largest absolute Gasteiger partial charge is 0.436 e. The van der Waals surface area contributed by atoms with Crippen LogP contribution in [0.5, 0.6) is 11.6 Å². The van der Waals surface area contributed by atoms with Gasteiger partial charge in [0.05, 0.1) is 17.3 Å². The van der Waals surface area contributed by atoms with Gasteiger partial charge in [-0.2, -0.15) is 10.2 Å². The molecule has 0 saturated heterocycles. The maximum Gasteiger partial charge on any atom is 0.221 e. The number of nitrogens with zero attached hydrogens (tertiary/aromatic N) is 2. The van der Waals surface area contributed by atoms with E-state index in [1.54, 1.807) is 0 Å². The van der Waals surface area contributed by atoms with E-state index in [1.165, 1.54) is 24.3 Å². The van der Waals surface area contributed by atoms with Crippen molar-refractivity contribution in [1.29, 1.82) is 5.26 Å². The Labute approximate surface area is 102 Å². The molecule has 5 nitrogen and oxygen atoms in total. The quantitative estimate of drug-likeness (QED) is 0.842. The Morgan fingerprint density at radius 2 is 2.00 bits per heavy atom. The summed E-state index contributed by atoms with van der Waals surface area (Å²) in [5.74, 6) is -0.441. The molecule has 0 aliphatic heterocycles. The van der Waals surface area contributed by atoms with Gasteiger partial charge in [0.1, 0.15) is 0 Å². The Kier molecular flexibility index (Phi) is 2.98. The van der Waals surface area contributed by atoms with Crippen LogP contribution in [-0.2, 0) is 0 Å². The summed E-state index contributed by atoms with van der Waals surface area (Å²) in [7, 11) is 0. The van der Waals surface area contributed by atoms with Gasteiger partial charge in [-0.05, 0) is 24.3 Å². The van der Waals surface area contributed by atoms with E-state index in [1.807, 2.05) is 6.07 Å². The highest BCUT2D eigenvalue weighted by molar-refractivity contribution is 5.58. The summed E-state index contributed by atoms with van der Waals surface area (Å²) in [5.41, 5.74) is 11.5. The normalized spacial score (nSPS) is 9.78. The van der Waals surface area contributed by atoms with E-state index in [9.17, 15) is 4.39 Å². The number of anilines is 2. The van der Waals surface area contributed by atoms with Crippen molar-refractivity contribution < 1.29 is 9.13 Å². The second-order valence-corrected chi connectivity index (χ2v) is 3.48. The van der Waals surface area contributed by atoms with Gasteiger partial charge in [-0.25, -0.2) is 4.39 Å². The zero-order valence-electron chi connectivity index (χ0n) is 9.22. The lowest BCUT2D eigenvalue weighted by molar-refractivity contribution is 0.428. The highest BCUT2D eigenvalue weighted by Crippen LogP contribution is 2.25. The van der Waals surface area contributed by atoms with Crippen molar-refractivity contribution in [2.75, 3.05) is 11.5 Å². The van der Waals surface area contributed by atoms with Crippen LogP contribution in [0.3, 0.4) is 0 Å². The molecule has 0 amide bonds. The number of halogens is 1. The Morgan fingerprint density at radius 3 is 2.61 bits per heavy atom. The molecule has 2 rings (SSSR count). The Hall–Kier alpha value is -2.81. The highest BCUT2D eigenvalue weighted by Gasteiger charge is 2.07. The number of hydrogen-bond donors (Lipinski definition) is 2. The zero-order valence-corrected chi connectivity index (χ0v) is 9.22. The van der Waals surface area contributed by atoms with Crippen molar-refractivity contribution in [3.8, 4) is 17.7 Å². The molecule has 0 unspecified atom stereocenters. The lowest BCUT2D eigenvalue weighted by Gasteiger charge is -2.07. The third-order valence-electron chi connectivity index (χ3n) is 2.21. The van der Waals surface area contributed by atoms with E-state index in [0.29, 0.717) is 5.69 Å². The molecule has 1 aromatic heterocycles. The Morgan fingerprint density at radius 1 is 1.22 bits per heavy atom. The van der Waals surface area contributed by atoms with Gasteiger partial charge in [0.15, 0.2) is 17.4 Å². The first-order valence-corrected chi connectivity index (χ1v) is 4.99. The lowest BCUT2D eigenvalue weighted by atomic mass is 10.2. The molecule has 0 aliphatic carbocycles. The Balaban J connectivity index is 2.29. The number of pyridine rings is 1. The van der Waals surface area contributed by atoms with Crippen LogP contribution in [0.2, 0.25) is 0 Å². The molecule has 90 valence electrons. The summed E-state index contributed by atoms with van der Waals surface area (Å²) in [4.78, 5) is 3.85. The molecule has 0 radical (unpaired) electrons. The summed E-state index contributed by atoms with van der Waals surface area (Å²) in [6.07, 6.45) is 0. The third kappa shape index (κ3) is 2.30. The molecule has 6 heteroatoms. The summed E-state index contributed by atoms with van der Waals surface area (Å²) in [6.45, 7) is 0. The van der Waals surface area contributed by atoms with E-state index in [0.717, 1.165) is 6.07 Å². The minimum absolute atomic E-state index is 0.0364. The summed E-state index contributed by atoms with van der Waals surface area (Å²) in [6, 6.07) is 8.69. The van der Waals surface area contributed by atoms with Crippen molar-refractivity contribution in [1.82, 2.24) is 4.98 Å². The van der Waals surface area contributed by atoms with E-state index < -0.39 is 5.82 Å². The average Bonchev–Trinajstić information content (AvgIpc) is 2.36. The molecule has 0 bridgehead atoms. The molecular weight excluding hydrogens is 235 g/mol. The first-order chi connectivity index (χ1) is 8.60. The smallest absolute Gasteiger partial charge is 0.221 e. The number of nitrogens with two attached hydrogens (primary N) is 2. The number of aromatic nitrogens is 1. The predicted octanol–water partition coefficient (Wildman–Crippen LogP) is 2.05. The molecule has 1 heterocycles. The summed E-state index contributed by atoms with van der Waals surface area (Å²) < 4.78 is 18.8. The predicted molar refractivity (Wildman–Crippen MR) is 64.3 cm³/mol. The minimum atomic E-state index is -0.647. The number of nitrogen functional groups attached to an aromatic ring is 2. The maximum atomic E-state index is 13.5. The molecule has 0 aliphatic rings. The standard InChI is InChI=1S/C12H9FN4O/c13-8-5-7(6-14)1-3-10(8)18-11-4-2-9(15)12(16)17-11/h1-5H,15H2,(H2,16,17). The lowest BCUT2D eigenvalue weighted by Crippen LogP contribution is -1.99. The van der Waals surface area contributed by atoms with Crippen LogP contribution in [0.4, 0.5) is 15.9 Å². The van der Waals surface area contributed by atoms with Crippen LogP contribution in [-0.4, -0.2) is 4.98 Å². The first kappa shape index (κ1) is 11.7. The van der Waals surface area contributed by atoms with Gasteiger partial charge in [0, 0.05) is 6.07 Å². The number of ether oxygens (including phenoxy) is 1. The summed E-state index contributed by atoms with van der Waals surface area (Å²) in [5, 5.41) is 8.61. The van der Waals surface area contributed by atoms with Crippen LogP contribution < -0.4 is 16.2 Å². The molecule has 0 saturated carbocycles. The summed E-state index contributed by atoms with van der Waals surface area (Å²) >= 11 is 0. The number of nitriles is 1. The van der Waals surface area contributed by atoms with Crippen LogP contribution in [0, 0.1) is 17.1 Å². The maximum absolute atomic E-state index is 13.5. The molecule has 2 aromatic rings. The Bertz CT molecular complexity index is 636. The average molecular weight is 244 g/mol. The van der Waals surface area contributed by atoms with Gasteiger partial charge >= 0.3 is 0 Å². The number of rotatable bonds is 2. The van der Waals surface area contributed by atoms with Crippen LogP contribution in [0.1, 0.15) is 5.56 Å². The van der Waals surface area contributed by atoms with Crippen molar-refractivity contribution in [2.24, 2.45) is 0 Å². The molecule has 0 atom stereocenters. The number of hydrogen-bond acceptors (Lipinski definition) is 5. The molecule has 0 spiro atoms. The molecule has 4 N–H and O–H groups in total. The fourth-order valence-electron chi connectivity index (χ4n) is 1.29. The van der Waals surface area contributed by atoms with Crippen molar-refractivity contribution in [2.45, 2.75) is 0 Å². The zero-order chi connectivity index (χ0) is 13.1. The van der Waals surface area contributed by atoms with Gasteiger partial charge in [-0.1, -0.05) is 0 Å².